The molecule has 27 heavy (non-hydrogen) atoms. The van der Waals surface area contributed by atoms with Crippen LogP contribution in [0.3, 0.4) is 0 Å². The van der Waals surface area contributed by atoms with Gasteiger partial charge in [-0.3, -0.25) is 14.3 Å². The molecule has 7 heteroatoms. The van der Waals surface area contributed by atoms with E-state index in [9.17, 15) is 9.59 Å². The first-order chi connectivity index (χ1) is 12.9. The Morgan fingerprint density at radius 2 is 2.26 bits per heavy atom. The van der Waals surface area contributed by atoms with Gasteiger partial charge in [0.2, 0.25) is 11.8 Å². The Hall–Kier alpha value is -2.15. The summed E-state index contributed by atoms with van der Waals surface area (Å²) in [5.74, 6) is -0.216. The molecule has 2 unspecified atom stereocenters. The number of hydrogen-bond acceptors (Lipinski definition) is 4. The number of carbonyl (C=O) groups excluding carboxylic acids is 2. The first-order valence-electron chi connectivity index (χ1n) is 9.80. The van der Waals surface area contributed by atoms with Gasteiger partial charge >= 0.3 is 0 Å². The fourth-order valence-electron chi connectivity index (χ4n) is 4.51. The number of aromatic nitrogens is 2. The molecule has 2 amide bonds. The molecule has 4 heterocycles. The van der Waals surface area contributed by atoms with Crippen molar-refractivity contribution in [3.8, 4) is 0 Å². The SMILES string of the molecule is CC(C)CCN1C[C@]23C=C[C@H](O2)C(C(=O)N(C)CCn2cccn2)C3C1=O. The average molecular weight is 372 g/mol. The Morgan fingerprint density at radius 3 is 2.96 bits per heavy atom. The van der Waals surface area contributed by atoms with E-state index in [-0.39, 0.29) is 23.8 Å². The first kappa shape index (κ1) is 18.2. The van der Waals surface area contributed by atoms with Crippen LogP contribution in [0.5, 0.6) is 0 Å². The molecule has 2 bridgehead atoms. The molecule has 4 rings (SSSR count). The van der Waals surface area contributed by atoms with Crippen molar-refractivity contribution < 1.29 is 14.3 Å². The lowest BCUT2D eigenvalue weighted by Gasteiger charge is -2.27. The Morgan fingerprint density at radius 1 is 1.44 bits per heavy atom. The van der Waals surface area contributed by atoms with E-state index in [0.717, 1.165) is 13.0 Å². The Balaban J connectivity index is 1.46. The van der Waals surface area contributed by atoms with Crippen LogP contribution in [-0.2, 0) is 20.9 Å². The van der Waals surface area contributed by atoms with Crippen LogP contribution in [0, 0.1) is 17.8 Å². The lowest BCUT2D eigenvalue weighted by Crippen LogP contribution is -2.45. The van der Waals surface area contributed by atoms with Crippen molar-refractivity contribution in [1.29, 1.82) is 0 Å². The van der Waals surface area contributed by atoms with E-state index in [4.69, 9.17) is 4.74 Å². The van der Waals surface area contributed by atoms with Gasteiger partial charge in [-0.2, -0.15) is 5.10 Å². The van der Waals surface area contributed by atoms with Gasteiger partial charge in [-0.15, -0.1) is 0 Å². The zero-order valence-corrected chi connectivity index (χ0v) is 16.2. The second kappa shape index (κ2) is 6.78. The van der Waals surface area contributed by atoms with Gasteiger partial charge in [-0.25, -0.2) is 0 Å². The summed E-state index contributed by atoms with van der Waals surface area (Å²) in [5.41, 5.74) is -0.609. The summed E-state index contributed by atoms with van der Waals surface area (Å²) in [6.45, 7) is 6.79. The zero-order chi connectivity index (χ0) is 19.2. The molecule has 1 aromatic rings. The van der Waals surface area contributed by atoms with Gasteiger partial charge < -0.3 is 14.5 Å². The second-order valence-corrected chi connectivity index (χ2v) is 8.37. The van der Waals surface area contributed by atoms with Crippen LogP contribution >= 0.6 is 0 Å². The summed E-state index contributed by atoms with van der Waals surface area (Å²) in [6.07, 6.45) is 8.27. The van der Waals surface area contributed by atoms with Crippen molar-refractivity contribution in [1.82, 2.24) is 19.6 Å². The van der Waals surface area contributed by atoms with E-state index in [2.05, 4.69) is 18.9 Å². The summed E-state index contributed by atoms with van der Waals surface area (Å²) in [4.78, 5) is 29.9. The summed E-state index contributed by atoms with van der Waals surface area (Å²) < 4.78 is 7.99. The van der Waals surface area contributed by atoms with E-state index < -0.39 is 11.5 Å². The number of ether oxygens (including phenoxy) is 1. The van der Waals surface area contributed by atoms with E-state index in [1.165, 1.54) is 0 Å². The summed E-state index contributed by atoms with van der Waals surface area (Å²) in [6, 6.07) is 1.86. The number of hydrogen-bond donors (Lipinski definition) is 0. The Kier molecular flexibility index (Phi) is 4.58. The highest BCUT2D eigenvalue weighted by atomic mass is 16.5. The number of likely N-dealkylation sites (N-methyl/N-ethyl adjacent to an activating group) is 1. The topological polar surface area (TPSA) is 67.7 Å². The molecule has 2 fully saturated rings. The molecule has 0 N–H and O–H groups in total. The molecule has 7 nitrogen and oxygen atoms in total. The third-order valence-electron chi connectivity index (χ3n) is 6.04. The summed E-state index contributed by atoms with van der Waals surface area (Å²) in [7, 11) is 1.80. The fraction of sp³-hybridized carbons (Fsp3) is 0.650. The maximum Gasteiger partial charge on any atom is 0.230 e. The van der Waals surface area contributed by atoms with Crippen molar-refractivity contribution in [2.75, 3.05) is 26.7 Å². The molecule has 3 aliphatic rings. The van der Waals surface area contributed by atoms with E-state index in [1.54, 1.807) is 22.8 Å². The molecule has 2 saturated heterocycles. The number of rotatable bonds is 7. The molecule has 0 aromatic carbocycles. The molecule has 1 spiro atoms. The van der Waals surface area contributed by atoms with Crippen LogP contribution in [0.25, 0.3) is 0 Å². The van der Waals surface area contributed by atoms with Crippen molar-refractivity contribution in [2.45, 2.75) is 38.5 Å². The van der Waals surface area contributed by atoms with Gasteiger partial charge in [-0.1, -0.05) is 26.0 Å². The average Bonchev–Trinajstić information content (AvgIpc) is 3.39. The quantitative estimate of drug-likeness (QED) is 0.674. The molecule has 4 atom stereocenters. The molecule has 0 saturated carbocycles. The fourth-order valence-corrected chi connectivity index (χ4v) is 4.51. The van der Waals surface area contributed by atoms with Crippen molar-refractivity contribution in [3.63, 3.8) is 0 Å². The molecule has 0 radical (unpaired) electrons. The predicted octanol–water partition coefficient (Wildman–Crippen LogP) is 1.17. The lowest BCUT2D eigenvalue weighted by molar-refractivity contribution is -0.142. The molecular formula is C20H28N4O3. The normalized spacial score (nSPS) is 31.2. The van der Waals surface area contributed by atoms with Crippen LogP contribution < -0.4 is 0 Å². The molecular weight excluding hydrogens is 344 g/mol. The summed E-state index contributed by atoms with van der Waals surface area (Å²) in [5, 5.41) is 4.17. The largest absolute Gasteiger partial charge is 0.360 e. The smallest absolute Gasteiger partial charge is 0.230 e. The Labute approximate surface area is 159 Å². The predicted molar refractivity (Wildman–Crippen MR) is 99.6 cm³/mol. The first-order valence-corrected chi connectivity index (χ1v) is 9.80. The molecule has 0 aliphatic carbocycles. The van der Waals surface area contributed by atoms with Crippen molar-refractivity contribution in [3.05, 3.63) is 30.6 Å². The third kappa shape index (κ3) is 3.08. The number of carbonyl (C=O) groups is 2. The zero-order valence-electron chi connectivity index (χ0n) is 16.2. The highest BCUT2D eigenvalue weighted by molar-refractivity contribution is 5.93. The monoisotopic (exact) mass is 372 g/mol. The number of nitrogens with zero attached hydrogens (tertiary/aromatic N) is 4. The maximum absolute atomic E-state index is 13.2. The van der Waals surface area contributed by atoms with Gasteiger partial charge in [0.1, 0.15) is 5.60 Å². The van der Waals surface area contributed by atoms with Crippen molar-refractivity contribution >= 4 is 11.8 Å². The minimum atomic E-state index is -0.609. The van der Waals surface area contributed by atoms with Gasteiger partial charge in [0.25, 0.3) is 0 Å². The van der Waals surface area contributed by atoms with Crippen LogP contribution in [0.2, 0.25) is 0 Å². The minimum Gasteiger partial charge on any atom is -0.360 e. The number of amides is 2. The van der Waals surface area contributed by atoms with E-state index in [1.807, 2.05) is 29.3 Å². The van der Waals surface area contributed by atoms with Crippen LogP contribution in [-0.4, -0.2) is 69.8 Å². The number of likely N-dealkylation sites (tertiary alicyclic amines) is 1. The minimum absolute atomic E-state index is 0.0116. The van der Waals surface area contributed by atoms with Crippen LogP contribution in [0.15, 0.2) is 30.6 Å². The Bertz CT molecular complexity index is 744. The standard InChI is InChI=1S/C20H28N4O3/c1-14(2)6-10-23-13-20-7-5-15(27-20)16(17(20)19(23)26)18(25)22(3)11-12-24-9-4-8-21-24/h4-5,7-9,14-17H,6,10-13H2,1-3H3/t15-,16?,17?,20-/m0/s1. The third-order valence-corrected chi connectivity index (χ3v) is 6.04. The molecule has 146 valence electrons. The lowest BCUT2D eigenvalue weighted by atomic mass is 9.76. The van der Waals surface area contributed by atoms with Crippen LogP contribution in [0.4, 0.5) is 0 Å². The maximum atomic E-state index is 13.2. The highest BCUT2D eigenvalue weighted by Crippen LogP contribution is 2.52. The van der Waals surface area contributed by atoms with E-state index >= 15 is 0 Å². The van der Waals surface area contributed by atoms with Gasteiger partial charge in [0.05, 0.1) is 31.0 Å². The summed E-state index contributed by atoms with van der Waals surface area (Å²) >= 11 is 0. The highest BCUT2D eigenvalue weighted by Gasteiger charge is 2.66. The van der Waals surface area contributed by atoms with Gasteiger partial charge in [0.15, 0.2) is 0 Å². The molecule has 3 aliphatic heterocycles. The van der Waals surface area contributed by atoms with Crippen LogP contribution in [0.1, 0.15) is 20.3 Å². The second-order valence-electron chi connectivity index (χ2n) is 8.37. The number of fused-ring (bicyclic) bond motifs is 1. The molecule has 1 aromatic heterocycles. The van der Waals surface area contributed by atoms with Crippen molar-refractivity contribution in [2.24, 2.45) is 17.8 Å². The van der Waals surface area contributed by atoms with E-state index in [0.29, 0.717) is 25.6 Å². The van der Waals surface area contributed by atoms with Gasteiger partial charge in [-0.05, 0) is 18.4 Å². The van der Waals surface area contributed by atoms with Gasteiger partial charge in [0, 0.05) is 32.5 Å².